The first kappa shape index (κ1) is 34.5. The van der Waals surface area contributed by atoms with Gasteiger partial charge in [0.1, 0.15) is 0 Å². The number of anilines is 2. The van der Waals surface area contributed by atoms with Gasteiger partial charge in [-0.1, -0.05) is 148 Å². The van der Waals surface area contributed by atoms with Crippen molar-refractivity contribution in [3.05, 3.63) is 137 Å². The maximum absolute atomic E-state index is 2.73. The minimum absolute atomic E-state index is 0.00165. The van der Waals surface area contributed by atoms with E-state index in [-0.39, 0.29) is 23.1 Å². The number of unbranched alkanes of at least 4 members (excludes halogenated alkanes) is 2. The number of aromatic nitrogens is 1. The SMILES string of the molecule is CCCCCc1ccc(N2B3c4cc(C(C)(C)C)ccc4-n4c5ccccc5c5c(C(C)(C)C)cc(c3c54)-c3cc4c(cc32)-c2ccccc2C4(C)C)cc1. The van der Waals surface area contributed by atoms with Crippen molar-refractivity contribution >= 4 is 51.0 Å². The maximum atomic E-state index is 2.73. The van der Waals surface area contributed by atoms with Gasteiger partial charge in [0.15, 0.2) is 0 Å². The largest absolute Gasteiger partial charge is 0.376 e. The fourth-order valence-electron chi connectivity index (χ4n) is 10.4. The highest BCUT2D eigenvalue weighted by Gasteiger charge is 2.47. The molecule has 6 aromatic carbocycles. The van der Waals surface area contributed by atoms with Gasteiger partial charge in [-0.15, -0.1) is 0 Å². The van der Waals surface area contributed by atoms with Crippen LogP contribution in [0.15, 0.2) is 109 Å². The van der Waals surface area contributed by atoms with E-state index in [1.54, 1.807) is 0 Å². The van der Waals surface area contributed by atoms with Gasteiger partial charge in [-0.25, -0.2) is 0 Å². The summed E-state index contributed by atoms with van der Waals surface area (Å²) in [6.07, 6.45) is 4.88. The molecule has 274 valence electrons. The van der Waals surface area contributed by atoms with Gasteiger partial charge in [-0.05, 0) is 116 Å². The van der Waals surface area contributed by atoms with Gasteiger partial charge < -0.3 is 9.38 Å². The smallest absolute Gasteiger partial charge is 0.333 e. The molecule has 1 aliphatic carbocycles. The molecule has 0 unspecified atom stereocenters. The number of benzene rings is 6. The highest BCUT2D eigenvalue weighted by Crippen LogP contribution is 2.55. The molecule has 55 heavy (non-hydrogen) atoms. The molecule has 0 amide bonds. The van der Waals surface area contributed by atoms with Crippen LogP contribution < -0.4 is 15.7 Å². The molecule has 0 N–H and O–H groups in total. The molecule has 3 heteroatoms. The van der Waals surface area contributed by atoms with Gasteiger partial charge >= 0.3 is 6.85 Å². The highest BCUT2D eigenvalue weighted by molar-refractivity contribution is 6.93. The average molecular weight is 717 g/mol. The van der Waals surface area contributed by atoms with E-state index in [1.165, 1.54) is 119 Å². The lowest BCUT2D eigenvalue weighted by Crippen LogP contribution is -2.61. The molecule has 3 heterocycles. The molecular weight excluding hydrogens is 663 g/mol. The molecule has 3 aliphatic rings. The molecule has 2 aliphatic heterocycles. The number of para-hydroxylation sites is 1. The average Bonchev–Trinajstić information content (AvgIpc) is 3.62. The third kappa shape index (κ3) is 4.87. The fourth-order valence-corrected chi connectivity index (χ4v) is 10.4. The lowest BCUT2D eigenvalue weighted by Gasteiger charge is -2.43. The number of fused-ring (bicyclic) bond motifs is 11. The predicted octanol–water partition coefficient (Wildman–Crippen LogP) is 12.7. The van der Waals surface area contributed by atoms with Crippen LogP contribution in [0.5, 0.6) is 0 Å². The molecule has 0 fully saturated rings. The number of nitrogens with zero attached hydrogens (tertiary/aromatic N) is 2. The third-order valence-electron chi connectivity index (χ3n) is 13.3. The van der Waals surface area contributed by atoms with E-state index in [0.29, 0.717) is 0 Å². The van der Waals surface area contributed by atoms with Crippen molar-refractivity contribution in [1.82, 2.24) is 4.57 Å². The van der Waals surface area contributed by atoms with E-state index in [9.17, 15) is 0 Å². The van der Waals surface area contributed by atoms with Crippen molar-refractivity contribution in [3.63, 3.8) is 0 Å². The Labute approximate surface area is 328 Å². The Morgan fingerprint density at radius 1 is 0.636 bits per heavy atom. The Morgan fingerprint density at radius 2 is 1.38 bits per heavy atom. The second-order valence-corrected chi connectivity index (χ2v) is 19.2. The molecule has 0 radical (unpaired) electrons. The minimum atomic E-state index is -0.0972. The monoisotopic (exact) mass is 716 g/mol. The Morgan fingerprint density at radius 3 is 2.13 bits per heavy atom. The number of hydrogen-bond acceptors (Lipinski definition) is 1. The van der Waals surface area contributed by atoms with Crippen molar-refractivity contribution in [2.75, 3.05) is 4.81 Å². The van der Waals surface area contributed by atoms with Crippen LogP contribution in [0.25, 0.3) is 49.7 Å². The van der Waals surface area contributed by atoms with Crippen LogP contribution in [-0.2, 0) is 22.7 Å². The first-order valence-corrected chi connectivity index (χ1v) is 20.7. The van der Waals surface area contributed by atoms with Crippen molar-refractivity contribution in [2.24, 2.45) is 0 Å². The summed E-state index contributed by atoms with van der Waals surface area (Å²) < 4.78 is 2.63. The quantitative estimate of drug-likeness (QED) is 0.127. The Balaban J connectivity index is 1.37. The second kappa shape index (κ2) is 11.7. The molecule has 2 nitrogen and oxygen atoms in total. The van der Waals surface area contributed by atoms with Crippen LogP contribution in [-0.4, -0.2) is 11.4 Å². The summed E-state index contributed by atoms with van der Waals surface area (Å²) in [6, 6.07) is 43.0. The number of rotatable bonds is 5. The lowest BCUT2D eigenvalue weighted by atomic mass is 9.43. The molecule has 0 saturated heterocycles. The highest BCUT2D eigenvalue weighted by atomic mass is 15.1. The van der Waals surface area contributed by atoms with Crippen LogP contribution in [0.1, 0.15) is 109 Å². The van der Waals surface area contributed by atoms with E-state index in [2.05, 4.69) is 181 Å². The van der Waals surface area contributed by atoms with E-state index in [4.69, 9.17) is 0 Å². The summed E-state index contributed by atoms with van der Waals surface area (Å²) in [6.45, 7) is 21.4. The fraction of sp³-hybridized carbons (Fsp3) is 0.308. The van der Waals surface area contributed by atoms with Gasteiger partial charge in [-0.2, -0.15) is 0 Å². The molecule has 7 aromatic rings. The molecule has 1 aromatic heterocycles. The second-order valence-electron chi connectivity index (χ2n) is 19.2. The van der Waals surface area contributed by atoms with Gasteiger partial charge in [0, 0.05) is 38.8 Å². The molecular formula is C52H53BN2. The van der Waals surface area contributed by atoms with Crippen molar-refractivity contribution in [2.45, 2.75) is 104 Å². The van der Waals surface area contributed by atoms with E-state index < -0.39 is 0 Å². The Kier molecular flexibility index (Phi) is 7.36. The topological polar surface area (TPSA) is 8.17 Å². The van der Waals surface area contributed by atoms with Crippen LogP contribution in [0.2, 0.25) is 0 Å². The molecule has 10 rings (SSSR count). The van der Waals surface area contributed by atoms with E-state index >= 15 is 0 Å². The zero-order valence-electron chi connectivity index (χ0n) is 34.2. The zero-order chi connectivity index (χ0) is 38.2. The van der Waals surface area contributed by atoms with Crippen molar-refractivity contribution < 1.29 is 0 Å². The maximum Gasteiger partial charge on any atom is 0.333 e. The van der Waals surface area contributed by atoms with Crippen LogP contribution in [0.4, 0.5) is 11.4 Å². The lowest BCUT2D eigenvalue weighted by molar-refractivity contribution is 0.590. The molecule has 0 bridgehead atoms. The van der Waals surface area contributed by atoms with Gasteiger partial charge in [-0.3, -0.25) is 0 Å². The predicted molar refractivity (Wildman–Crippen MR) is 238 cm³/mol. The van der Waals surface area contributed by atoms with E-state index in [1.807, 2.05) is 0 Å². The van der Waals surface area contributed by atoms with Crippen molar-refractivity contribution in [1.29, 1.82) is 0 Å². The number of aryl methyl sites for hydroxylation is 1. The summed E-state index contributed by atoms with van der Waals surface area (Å²) in [5, 5.41) is 2.75. The Bertz CT molecular complexity index is 2710. The van der Waals surface area contributed by atoms with Gasteiger partial charge in [0.2, 0.25) is 0 Å². The van der Waals surface area contributed by atoms with Crippen LogP contribution in [0.3, 0.4) is 0 Å². The first-order chi connectivity index (χ1) is 26.3. The summed E-state index contributed by atoms with van der Waals surface area (Å²) >= 11 is 0. The summed E-state index contributed by atoms with van der Waals surface area (Å²) in [5.41, 5.74) is 21.7. The summed E-state index contributed by atoms with van der Waals surface area (Å²) in [4.78, 5) is 2.73. The summed E-state index contributed by atoms with van der Waals surface area (Å²) in [5.74, 6) is 0. The van der Waals surface area contributed by atoms with Crippen molar-refractivity contribution in [3.8, 4) is 27.9 Å². The van der Waals surface area contributed by atoms with E-state index in [0.717, 1.165) is 6.42 Å². The third-order valence-corrected chi connectivity index (χ3v) is 13.3. The molecule has 0 saturated carbocycles. The number of hydrogen-bond donors (Lipinski definition) is 0. The Hall–Kier alpha value is -5.02. The first-order valence-electron chi connectivity index (χ1n) is 20.7. The van der Waals surface area contributed by atoms with Crippen LogP contribution in [0, 0.1) is 0 Å². The standard InChI is InChI=1S/C52H53BN2/c1-10-11-12-17-32-22-25-34(26-23-32)55-46-31-37-35-18-13-15-20-40(35)52(8,9)41(37)29-38(46)39-30-42(51(5,6)7)47-36-19-14-16-21-44(36)54-45-27-24-33(50(2,3)4)28-43(45)53(55)48(39)49(47)54/h13-16,18-31H,10-12,17H2,1-9H3. The van der Waals surface area contributed by atoms with Gasteiger partial charge in [0.05, 0.1) is 11.0 Å². The normalized spacial score (nSPS) is 15.0. The summed E-state index contributed by atoms with van der Waals surface area (Å²) in [7, 11) is 0. The van der Waals surface area contributed by atoms with Crippen LogP contribution >= 0.6 is 0 Å². The van der Waals surface area contributed by atoms with Gasteiger partial charge in [0.25, 0.3) is 0 Å². The zero-order valence-corrected chi connectivity index (χ0v) is 34.2. The molecule has 0 spiro atoms. The molecule has 0 atom stereocenters. The minimum Gasteiger partial charge on any atom is -0.376 e.